The summed E-state index contributed by atoms with van der Waals surface area (Å²) >= 11 is 3.42. The number of carbonyl (C=O) groups excluding carboxylic acids is 1. The van der Waals surface area contributed by atoms with Gasteiger partial charge >= 0.3 is 0 Å². The SMILES string of the molecule is CC(=O)c1cc(Br)c2c(c1)OCC(C)(C)CO2. The molecule has 1 aromatic carbocycles. The lowest BCUT2D eigenvalue weighted by Crippen LogP contribution is -2.26. The van der Waals surface area contributed by atoms with Crippen LogP contribution in [0.5, 0.6) is 11.5 Å². The van der Waals surface area contributed by atoms with Gasteiger partial charge in [-0.25, -0.2) is 0 Å². The van der Waals surface area contributed by atoms with Crippen LogP contribution >= 0.6 is 15.9 Å². The monoisotopic (exact) mass is 298 g/mol. The number of fused-ring (bicyclic) bond motifs is 1. The molecule has 0 atom stereocenters. The maximum atomic E-state index is 11.4. The summed E-state index contributed by atoms with van der Waals surface area (Å²) in [6.45, 7) is 6.87. The highest BCUT2D eigenvalue weighted by molar-refractivity contribution is 9.10. The Morgan fingerprint density at radius 1 is 1.29 bits per heavy atom. The first-order valence-electron chi connectivity index (χ1n) is 5.49. The van der Waals surface area contributed by atoms with Gasteiger partial charge in [0.15, 0.2) is 17.3 Å². The molecule has 1 aliphatic heterocycles. The van der Waals surface area contributed by atoms with Crippen LogP contribution in [-0.4, -0.2) is 19.0 Å². The number of hydrogen-bond acceptors (Lipinski definition) is 3. The van der Waals surface area contributed by atoms with E-state index >= 15 is 0 Å². The van der Waals surface area contributed by atoms with Crippen molar-refractivity contribution in [2.24, 2.45) is 5.41 Å². The van der Waals surface area contributed by atoms with E-state index < -0.39 is 0 Å². The Bertz CT molecular complexity index is 466. The van der Waals surface area contributed by atoms with E-state index in [-0.39, 0.29) is 11.2 Å². The lowest BCUT2D eigenvalue weighted by atomic mass is 9.97. The lowest BCUT2D eigenvalue weighted by Gasteiger charge is -2.19. The van der Waals surface area contributed by atoms with Crippen LogP contribution in [0.15, 0.2) is 16.6 Å². The molecule has 1 heterocycles. The quantitative estimate of drug-likeness (QED) is 0.745. The molecule has 0 spiro atoms. The summed E-state index contributed by atoms with van der Waals surface area (Å²) in [4.78, 5) is 11.4. The molecule has 1 aromatic rings. The molecule has 3 nitrogen and oxygen atoms in total. The van der Waals surface area contributed by atoms with Gasteiger partial charge in [-0.15, -0.1) is 0 Å². The molecule has 17 heavy (non-hydrogen) atoms. The zero-order valence-corrected chi connectivity index (χ0v) is 11.8. The third-order valence-corrected chi connectivity index (χ3v) is 3.23. The van der Waals surface area contributed by atoms with Gasteiger partial charge in [0.2, 0.25) is 0 Å². The summed E-state index contributed by atoms with van der Waals surface area (Å²) in [5.74, 6) is 1.33. The molecule has 0 radical (unpaired) electrons. The molecule has 4 heteroatoms. The van der Waals surface area contributed by atoms with Gasteiger partial charge in [0.25, 0.3) is 0 Å². The van der Waals surface area contributed by atoms with Crippen molar-refractivity contribution in [1.29, 1.82) is 0 Å². The zero-order valence-electron chi connectivity index (χ0n) is 10.2. The van der Waals surface area contributed by atoms with Crippen molar-refractivity contribution < 1.29 is 14.3 Å². The van der Waals surface area contributed by atoms with E-state index in [9.17, 15) is 4.79 Å². The Balaban J connectivity index is 2.43. The molecule has 0 unspecified atom stereocenters. The second-order valence-electron chi connectivity index (χ2n) is 5.08. The number of Topliss-reactive ketones (excluding diaryl/α,β-unsaturated/α-hetero) is 1. The molecule has 0 fully saturated rings. The number of ether oxygens (including phenoxy) is 2. The molecule has 0 aromatic heterocycles. The Hall–Kier alpha value is -1.03. The Labute approximate surface area is 109 Å². The standard InChI is InChI=1S/C13H15BrO3/c1-8(15)9-4-10(14)12-11(5-9)16-6-13(2,3)7-17-12/h4-5H,6-7H2,1-3H3. The largest absolute Gasteiger partial charge is 0.489 e. The van der Waals surface area contributed by atoms with Crippen LogP contribution in [0, 0.1) is 5.41 Å². The molecule has 0 bridgehead atoms. The molecule has 0 saturated carbocycles. The third kappa shape index (κ3) is 2.63. The number of halogens is 1. The second kappa shape index (κ2) is 4.33. The maximum absolute atomic E-state index is 11.4. The van der Waals surface area contributed by atoms with Gasteiger partial charge in [0.1, 0.15) is 0 Å². The van der Waals surface area contributed by atoms with Crippen molar-refractivity contribution in [3.8, 4) is 11.5 Å². The minimum absolute atomic E-state index is 0.0145. The van der Waals surface area contributed by atoms with Crippen LogP contribution < -0.4 is 9.47 Å². The van der Waals surface area contributed by atoms with Gasteiger partial charge in [0, 0.05) is 11.0 Å². The van der Waals surface area contributed by atoms with Crippen molar-refractivity contribution in [1.82, 2.24) is 0 Å². The molecular formula is C13H15BrO3. The first-order chi connectivity index (χ1) is 7.89. The van der Waals surface area contributed by atoms with Crippen molar-refractivity contribution in [2.75, 3.05) is 13.2 Å². The second-order valence-corrected chi connectivity index (χ2v) is 5.94. The van der Waals surface area contributed by atoms with Gasteiger partial charge in [-0.1, -0.05) is 13.8 Å². The summed E-state index contributed by atoms with van der Waals surface area (Å²) in [5.41, 5.74) is 0.591. The van der Waals surface area contributed by atoms with Crippen LogP contribution in [0.3, 0.4) is 0 Å². The fourth-order valence-electron chi connectivity index (χ4n) is 1.60. The number of carbonyl (C=O) groups is 1. The summed E-state index contributed by atoms with van der Waals surface area (Å²) in [6, 6.07) is 3.51. The predicted molar refractivity (Wildman–Crippen MR) is 68.9 cm³/mol. The highest BCUT2D eigenvalue weighted by atomic mass is 79.9. The molecule has 1 aliphatic rings. The minimum atomic E-state index is -0.0329. The van der Waals surface area contributed by atoms with E-state index in [0.717, 1.165) is 4.47 Å². The molecule has 0 N–H and O–H groups in total. The highest BCUT2D eigenvalue weighted by Crippen LogP contribution is 2.40. The van der Waals surface area contributed by atoms with Crippen LogP contribution in [0.2, 0.25) is 0 Å². The molecule has 0 aliphatic carbocycles. The van der Waals surface area contributed by atoms with Crippen molar-refractivity contribution in [3.05, 3.63) is 22.2 Å². The van der Waals surface area contributed by atoms with Crippen LogP contribution in [0.25, 0.3) is 0 Å². The van der Waals surface area contributed by atoms with E-state index in [1.807, 2.05) is 0 Å². The molecule has 2 rings (SSSR count). The van der Waals surface area contributed by atoms with Crippen molar-refractivity contribution >= 4 is 21.7 Å². The third-order valence-electron chi connectivity index (χ3n) is 2.64. The maximum Gasteiger partial charge on any atom is 0.175 e. The summed E-state index contributed by atoms with van der Waals surface area (Å²) in [5, 5.41) is 0. The summed E-state index contributed by atoms with van der Waals surface area (Å²) in [6.07, 6.45) is 0. The van der Waals surface area contributed by atoms with Crippen molar-refractivity contribution in [2.45, 2.75) is 20.8 Å². The Kier molecular flexibility index (Phi) is 3.17. The fourth-order valence-corrected chi connectivity index (χ4v) is 2.16. The summed E-state index contributed by atoms with van der Waals surface area (Å²) in [7, 11) is 0. The lowest BCUT2D eigenvalue weighted by molar-refractivity contribution is 0.101. The minimum Gasteiger partial charge on any atom is -0.489 e. The van der Waals surface area contributed by atoms with E-state index in [2.05, 4.69) is 29.8 Å². The van der Waals surface area contributed by atoms with E-state index in [1.54, 1.807) is 12.1 Å². The first kappa shape index (κ1) is 12.4. The van der Waals surface area contributed by atoms with Gasteiger partial charge in [-0.2, -0.15) is 0 Å². The van der Waals surface area contributed by atoms with Crippen molar-refractivity contribution in [3.63, 3.8) is 0 Å². The molecule has 0 amide bonds. The molecule has 0 saturated heterocycles. The van der Waals surface area contributed by atoms with Crippen LogP contribution in [0.4, 0.5) is 0 Å². The smallest absolute Gasteiger partial charge is 0.175 e. The Morgan fingerprint density at radius 3 is 2.59 bits per heavy atom. The van der Waals surface area contributed by atoms with E-state index in [0.29, 0.717) is 30.3 Å². The topological polar surface area (TPSA) is 35.5 Å². The van der Waals surface area contributed by atoms with E-state index in [1.165, 1.54) is 6.92 Å². The van der Waals surface area contributed by atoms with Crippen LogP contribution in [-0.2, 0) is 0 Å². The number of rotatable bonds is 1. The normalized spacial score (nSPS) is 17.4. The van der Waals surface area contributed by atoms with Crippen LogP contribution in [0.1, 0.15) is 31.1 Å². The van der Waals surface area contributed by atoms with E-state index in [4.69, 9.17) is 9.47 Å². The summed E-state index contributed by atoms with van der Waals surface area (Å²) < 4.78 is 12.2. The zero-order chi connectivity index (χ0) is 12.6. The first-order valence-corrected chi connectivity index (χ1v) is 6.28. The van der Waals surface area contributed by atoms with Gasteiger partial charge in [-0.3, -0.25) is 4.79 Å². The molecular weight excluding hydrogens is 284 g/mol. The average Bonchev–Trinajstić information content (AvgIpc) is 2.38. The number of ketones is 1. The van der Waals surface area contributed by atoms with Gasteiger partial charge in [-0.05, 0) is 35.0 Å². The van der Waals surface area contributed by atoms with Gasteiger partial charge < -0.3 is 9.47 Å². The number of hydrogen-bond donors (Lipinski definition) is 0. The fraction of sp³-hybridized carbons (Fsp3) is 0.462. The Morgan fingerprint density at radius 2 is 1.94 bits per heavy atom. The average molecular weight is 299 g/mol. The molecule has 92 valence electrons. The highest BCUT2D eigenvalue weighted by Gasteiger charge is 2.27. The number of benzene rings is 1. The predicted octanol–water partition coefficient (Wildman–Crippen LogP) is 3.45. The van der Waals surface area contributed by atoms with Gasteiger partial charge in [0.05, 0.1) is 17.7 Å².